The molecule has 0 fully saturated rings. The van der Waals surface area contributed by atoms with Crippen molar-refractivity contribution in [2.75, 3.05) is 5.32 Å². The highest BCUT2D eigenvalue weighted by molar-refractivity contribution is 7.80. The molecular weight excluding hydrogens is 436 g/mol. The highest BCUT2D eigenvalue weighted by Gasteiger charge is 2.37. The highest BCUT2D eigenvalue weighted by Crippen LogP contribution is 2.37. The topological polar surface area (TPSA) is 73.4 Å². The molecule has 0 bridgehead atoms. The molecule has 1 amide bonds. The molecule has 2 aromatic rings. The Bertz CT molecular complexity index is 881. The zero-order valence-corrected chi connectivity index (χ0v) is 15.8. The molecule has 162 valence electrons. The molecule has 4 N–H and O–H groups in total. The second kappa shape index (κ2) is 9.20. The van der Waals surface area contributed by atoms with Gasteiger partial charge in [0.1, 0.15) is 5.75 Å². The predicted molar refractivity (Wildman–Crippen MR) is 100 cm³/mol. The van der Waals surface area contributed by atoms with Gasteiger partial charge < -0.3 is 10.4 Å². The van der Waals surface area contributed by atoms with Gasteiger partial charge in [0.2, 0.25) is 5.91 Å². The van der Waals surface area contributed by atoms with Crippen molar-refractivity contribution < 1.29 is 36.2 Å². The SMILES string of the molecule is O=C(CCc1ccc(O)cc1)NNC(=S)Nc1cc(C(F)(F)F)cc(C(F)(F)F)c1. The lowest BCUT2D eigenvalue weighted by Gasteiger charge is -2.16. The van der Waals surface area contributed by atoms with Crippen molar-refractivity contribution in [3.8, 4) is 5.75 Å². The predicted octanol–water partition coefficient (Wildman–Crippen LogP) is 4.38. The molecule has 12 heteroatoms. The van der Waals surface area contributed by atoms with Crippen molar-refractivity contribution in [3.05, 3.63) is 59.2 Å². The molecule has 0 aliphatic heterocycles. The van der Waals surface area contributed by atoms with E-state index in [1.54, 1.807) is 12.1 Å². The summed E-state index contributed by atoms with van der Waals surface area (Å²) in [6.07, 6.45) is -9.64. The van der Waals surface area contributed by atoms with E-state index in [0.717, 1.165) is 5.56 Å². The lowest BCUT2D eigenvalue weighted by atomic mass is 10.1. The first-order chi connectivity index (χ1) is 13.8. The summed E-state index contributed by atoms with van der Waals surface area (Å²) in [6, 6.07) is 7.07. The van der Waals surface area contributed by atoms with Crippen LogP contribution in [0.15, 0.2) is 42.5 Å². The lowest BCUT2D eigenvalue weighted by Crippen LogP contribution is -2.43. The molecule has 2 aromatic carbocycles. The van der Waals surface area contributed by atoms with E-state index in [-0.39, 0.29) is 18.2 Å². The minimum Gasteiger partial charge on any atom is -0.508 e. The number of benzene rings is 2. The average Bonchev–Trinajstić information content (AvgIpc) is 2.64. The maximum Gasteiger partial charge on any atom is 0.416 e. The monoisotopic (exact) mass is 451 g/mol. The van der Waals surface area contributed by atoms with Crippen LogP contribution < -0.4 is 16.2 Å². The number of carbonyl (C=O) groups excluding carboxylic acids is 1. The Labute approximate surface area is 172 Å². The van der Waals surface area contributed by atoms with Crippen molar-refractivity contribution in [3.63, 3.8) is 0 Å². The number of amides is 1. The summed E-state index contributed by atoms with van der Waals surface area (Å²) in [4.78, 5) is 11.8. The number of anilines is 1. The number of nitrogens with one attached hydrogen (secondary N) is 3. The maximum absolute atomic E-state index is 12.9. The van der Waals surface area contributed by atoms with Crippen LogP contribution in [-0.4, -0.2) is 16.1 Å². The zero-order valence-electron chi connectivity index (χ0n) is 15.0. The average molecular weight is 451 g/mol. The third-order valence-electron chi connectivity index (χ3n) is 3.74. The van der Waals surface area contributed by atoms with Crippen LogP contribution >= 0.6 is 12.2 Å². The van der Waals surface area contributed by atoms with Crippen LogP contribution in [0.5, 0.6) is 5.75 Å². The lowest BCUT2D eigenvalue weighted by molar-refractivity contribution is -0.143. The number of phenols is 1. The van der Waals surface area contributed by atoms with Gasteiger partial charge in [0.15, 0.2) is 5.11 Å². The van der Waals surface area contributed by atoms with Crippen LogP contribution in [0.25, 0.3) is 0 Å². The van der Waals surface area contributed by atoms with Gasteiger partial charge in [-0.1, -0.05) is 12.1 Å². The Hall–Kier alpha value is -3.02. The highest BCUT2D eigenvalue weighted by atomic mass is 32.1. The number of alkyl halides is 6. The van der Waals surface area contributed by atoms with E-state index in [4.69, 9.17) is 12.2 Å². The molecule has 0 aromatic heterocycles. The Morgan fingerprint density at radius 1 is 0.900 bits per heavy atom. The van der Waals surface area contributed by atoms with E-state index >= 15 is 0 Å². The summed E-state index contributed by atoms with van der Waals surface area (Å²) in [5.74, 6) is -0.447. The second-order valence-corrected chi connectivity index (χ2v) is 6.50. The van der Waals surface area contributed by atoms with Crippen LogP contribution in [0.3, 0.4) is 0 Å². The molecule has 0 unspecified atom stereocenters. The fraction of sp³-hybridized carbons (Fsp3) is 0.222. The molecule has 2 rings (SSSR count). The number of aromatic hydroxyl groups is 1. The Balaban J connectivity index is 1.95. The van der Waals surface area contributed by atoms with E-state index in [1.165, 1.54) is 12.1 Å². The van der Waals surface area contributed by atoms with Crippen molar-refractivity contribution in [2.24, 2.45) is 0 Å². The molecular formula is C18H15F6N3O2S. The number of hydrogen-bond donors (Lipinski definition) is 4. The molecule has 30 heavy (non-hydrogen) atoms. The molecule has 0 saturated carbocycles. The fourth-order valence-electron chi connectivity index (χ4n) is 2.30. The van der Waals surface area contributed by atoms with E-state index in [9.17, 15) is 36.2 Å². The van der Waals surface area contributed by atoms with Crippen LogP contribution in [0.1, 0.15) is 23.1 Å². The van der Waals surface area contributed by atoms with Crippen LogP contribution in [0.4, 0.5) is 32.0 Å². The smallest absolute Gasteiger partial charge is 0.416 e. The first kappa shape index (κ1) is 23.3. The van der Waals surface area contributed by atoms with E-state index in [2.05, 4.69) is 16.2 Å². The van der Waals surface area contributed by atoms with Gasteiger partial charge in [0.25, 0.3) is 0 Å². The normalized spacial score (nSPS) is 11.7. The summed E-state index contributed by atoms with van der Waals surface area (Å²) in [7, 11) is 0. The van der Waals surface area contributed by atoms with Gasteiger partial charge in [-0.3, -0.25) is 15.6 Å². The molecule has 0 spiro atoms. The van der Waals surface area contributed by atoms with Gasteiger partial charge in [-0.25, -0.2) is 0 Å². The van der Waals surface area contributed by atoms with Crippen LogP contribution in [0, 0.1) is 0 Å². The summed E-state index contributed by atoms with van der Waals surface area (Å²) >= 11 is 4.79. The first-order valence-electron chi connectivity index (χ1n) is 8.28. The van der Waals surface area contributed by atoms with Gasteiger partial charge >= 0.3 is 12.4 Å². The van der Waals surface area contributed by atoms with Crippen molar-refractivity contribution >= 4 is 28.9 Å². The van der Waals surface area contributed by atoms with E-state index in [1.807, 2.05) is 0 Å². The third kappa shape index (κ3) is 7.10. The maximum atomic E-state index is 12.9. The molecule has 0 aliphatic rings. The van der Waals surface area contributed by atoms with Crippen LogP contribution in [-0.2, 0) is 23.6 Å². The summed E-state index contributed by atoms with van der Waals surface area (Å²) < 4.78 is 77.2. The van der Waals surface area contributed by atoms with E-state index in [0.29, 0.717) is 18.6 Å². The van der Waals surface area contributed by atoms with Gasteiger partial charge in [-0.15, -0.1) is 0 Å². The Morgan fingerprint density at radius 3 is 1.93 bits per heavy atom. The summed E-state index contributed by atoms with van der Waals surface area (Å²) in [6.45, 7) is 0. The zero-order chi connectivity index (χ0) is 22.5. The molecule has 5 nitrogen and oxygen atoms in total. The Morgan fingerprint density at radius 2 is 1.43 bits per heavy atom. The number of carbonyl (C=O) groups is 1. The number of phenolic OH excluding ortho intramolecular Hbond substituents is 1. The number of rotatable bonds is 4. The summed E-state index contributed by atoms with van der Waals surface area (Å²) in [5, 5.41) is 11.0. The van der Waals surface area contributed by atoms with Crippen LogP contribution in [0.2, 0.25) is 0 Å². The first-order valence-corrected chi connectivity index (χ1v) is 8.68. The number of thiocarbonyl (C=S) groups is 1. The fourth-order valence-corrected chi connectivity index (χ4v) is 2.47. The Kier molecular flexibility index (Phi) is 7.13. The largest absolute Gasteiger partial charge is 0.508 e. The molecule has 0 radical (unpaired) electrons. The minimum absolute atomic E-state index is 0.00719. The van der Waals surface area contributed by atoms with Gasteiger partial charge in [-0.05, 0) is 54.5 Å². The third-order valence-corrected chi connectivity index (χ3v) is 3.94. The molecule has 0 heterocycles. The van der Waals surface area contributed by atoms with Crippen molar-refractivity contribution in [1.82, 2.24) is 10.9 Å². The molecule has 0 aliphatic carbocycles. The molecule has 0 saturated heterocycles. The van der Waals surface area contributed by atoms with Gasteiger partial charge in [-0.2, -0.15) is 26.3 Å². The van der Waals surface area contributed by atoms with E-state index < -0.39 is 40.2 Å². The number of hydrogen-bond acceptors (Lipinski definition) is 3. The number of aryl methyl sites for hydroxylation is 1. The quantitative estimate of drug-likeness (QED) is 0.316. The van der Waals surface area contributed by atoms with Gasteiger partial charge in [0.05, 0.1) is 11.1 Å². The van der Waals surface area contributed by atoms with Crippen molar-refractivity contribution in [2.45, 2.75) is 25.2 Å². The molecule has 0 atom stereocenters. The minimum atomic E-state index is -4.99. The van der Waals surface area contributed by atoms with Gasteiger partial charge in [0, 0.05) is 12.1 Å². The number of hydrazine groups is 1. The number of halogens is 6. The second-order valence-electron chi connectivity index (χ2n) is 6.09. The standard InChI is InChI=1S/C18H15F6N3O2S/c19-17(20,21)11-7-12(18(22,23)24)9-13(8-11)25-16(30)27-26-15(29)6-3-10-1-4-14(28)5-2-10/h1-2,4-5,7-9,28H,3,6H2,(H,26,29)(H2,25,27,30). The summed E-state index contributed by atoms with van der Waals surface area (Å²) in [5.41, 5.74) is 1.62. The van der Waals surface area contributed by atoms with Crippen molar-refractivity contribution in [1.29, 1.82) is 0 Å².